The van der Waals surface area contributed by atoms with Gasteiger partial charge in [0.25, 0.3) is 0 Å². The third-order valence-corrected chi connectivity index (χ3v) is 0.687. The van der Waals surface area contributed by atoms with E-state index in [0.29, 0.717) is 0 Å². The van der Waals surface area contributed by atoms with Crippen molar-refractivity contribution in [2.75, 3.05) is 59.9 Å². The van der Waals surface area contributed by atoms with Crippen LogP contribution in [0.1, 0.15) is 0 Å². The van der Waals surface area contributed by atoms with Crippen molar-refractivity contribution in [3.05, 3.63) is 0 Å². The van der Waals surface area contributed by atoms with Gasteiger partial charge < -0.3 is 47.8 Å². The molecule has 0 aromatic carbocycles. The van der Waals surface area contributed by atoms with Gasteiger partial charge in [-0.2, -0.15) is 15.0 Å². The predicted molar refractivity (Wildman–Crippen MR) is 81.9 cm³/mol. The van der Waals surface area contributed by atoms with Crippen LogP contribution in [-0.4, -0.2) is 88.2 Å². The summed E-state index contributed by atoms with van der Waals surface area (Å²) in [4.78, 5) is 10.5. The summed E-state index contributed by atoms with van der Waals surface area (Å²) in [5, 5.41) is 42.0. The van der Waals surface area contributed by atoms with Crippen LogP contribution in [-0.2, 0) is 0 Å². The highest BCUT2D eigenvalue weighted by Crippen LogP contribution is 1.97. The molecule has 1 aromatic rings. The summed E-state index contributed by atoms with van der Waals surface area (Å²) in [7, 11) is 6.00. The normalized spacial score (nSPS) is 5.71. The van der Waals surface area contributed by atoms with Gasteiger partial charge in [0.2, 0.25) is 17.8 Å². The molecule has 1 heterocycles. The summed E-state index contributed by atoms with van der Waals surface area (Å²) in [6.07, 6.45) is 0. The molecule has 0 unspecified atom stereocenters. The zero-order valence-corrected chi connectivity index (χ0v) is 13.3. The second kappa shape index (κ2) is 51.8. The summed E-state index contributed by atoms with van der Waals surface area (Å²) < 4.78 is 0. The van der Waals surface area contributed by atoms with E-state index in [1.54, 1.807) is 0 Å². The molecular weight excluding hydrogens is 288 g/mol. The van der Waals surface area contributed by atoms with E-state index in [2.05, 4.69) is 15.0 Å². The van der Waals surface area contributed by atoms with Crippen LogP contribution in [0.3, 0.4) is 0 Å². The van der Waals surface area contributed by atoms with Crippen LogP contribution in [0, 0.1) is 0 Å². The number of hydrogen-bond acceptors (Lipinski definition) is 12. The third-order valence-electron chi connectivity index (χ3n) is 0.687. The number of aromatic nitrogens is 3. The first kappa shape index (κ1) is 36.5. The molecule has 0 aliphatic heterocycles. The molecule has 0 atom stereocenters. The predicted octanol–water partition coefficient (Wildman–Crippen LogP) is -3.73. The van der Waals surface area contributed by atoms with E-state index in [0.717, 1.165) is 42.7 Å². The Labute approximate surface area is 124 Å². The lowest BCUT2D eigenvalue weighted by atomic mass is 10.9. The molecule has 0 radical (unpaired) electrons. The maximum Gasteiger partial charge on any atom is 0.226 e. The molecule has 0 fully saturated rings. The van der Waals surface area contributed by atoms with E-state index in [1.807, 2.05) is 0 Å². The first-order valence-corrected chi connectivity index (χ1v) is 4.89. The van der Waals surface area contributed by atoms with Gasteiger partial charge in [-0.15, -0.1) is 0 Å². The highest BCUT2D eigenvalue weighted by Gasteiger charge is 1.93. The van der Waals surface area contributed by atoms with Gasteiger partial charge in [-0.05, 0) is 0 Å². The lowest BCUT2D eigenvalue weighted by Gasteiger charge is -1.93. The smallest absolute Gasteiger partial charge is 0.226 e. The first-order valence-electron chi connectivity index (χ1n) is 4.89. The number of nitrogens with zero attached hydrogens (tertiary/aromatic N) is 3. The zero-order chi connectivity index (χ0) is 18.9. The Balaban J connectivity index is -0.0000000400. The molecule has 0 spiro atoms. The second-order valence-corrected chi connectivity index (χ2v) is 1.41. The number of nitrogen functional groups attached to an aromatic ring is 3. The summed E-state index contributed by atoms with van der Waals surface area (Å²) in [5.41, 5.74) is 15.4. The monoisotopic (exact) mass is 318 g/mol. The van der Waals surface area contributed by atoms with Crippen LogP contribution in [0.4, 0.5) is 17.8 Å². The fraction of sp³-hybridized carbons (Fsp3) is 0.667. The zero-order valence-electron chi connectivity index (χ0n) is 13.3. The van der Waals surface area contributed by atoms with Crippen molar-refractivity contribution in [2.24, 2.45) is 0 Å². The molecule has 1 aromatic heterocycles. The minimum absolute atomic E-state index is 0.0417. The first-order chi connectivity index (χ1) is 10.2. The second-order valence-electron chi connectivity index (χ2n) is 1.41. The van der Waals surface area contributed by atoms with Gasteiger partial charge in [-0.3, -0.25) is 0 Å². The standard InChI is InChI=1S/C3H6N6.6CH4O/c4-1-7-2(5)9-3(6)8-1;6*1-2/h(H6,4,5,6,7,8,9);6*2H,1H3. The minimum atomic E-state index is 0.0417. The number of hydrogen-bond donors (Lipinski definition) is 9. The topological polar surface area (TPSA) is 238 Å². The maximum atomic E-state index is 7.00. The average Bonchev–Trinajstić information content (AvgIpc) is 2.57. The number of nitrogens with two attached hydrogens (primary N) is 3. The van der Waals surface area contributed by atoms with E-state index in [-0.39, 0.29) is 17.8 Å². The quantitative estimate of drug-likeness (QED) is 0.224. The van der Waals surface area contributed by atoms with Crippen molar-refractivity contribution in [2.45, 2.75) is 0 Å². The van der Waals surface area contributed by atoms with Gasteiger partial charge in [-0.1, -0.05) is 0 Å². The van der Waals surface area contributed by atoms with E-state index in [1.165, 1.54) is 0 Å². The average molecular weight is 318 g/mol. The van der Waals surface area contributed by atoms with Crippen molar-refractivity contribution >= 4 is 17.8 Å². The van der Waals surface area contributed by atoms with Gasteiger partial charge >= 0.3 is 0 Å². The summed E-state index contributed by atoms with van der Waals surface area (Å²) in [6.45, 7) is 0. The molecule has 12 nitrogen and oxygen atoms in total. The van der Waals surface area contributed by atoms with Gasteiger partial charge in [0.05, 0.1) is 0 Å². The van der Waals surface area contributed by atoms with Crippen LogP contribution in [0.2, 0.25) is 0 Å². The fourth-order valence-corrected chi connectivity index (χ4v) is 0.427. The Morgan fingerprint density at radius 3 is 0.619 bits per heavy atom. The van der Waals surface area contributed by atoms with Gasteiger partial charge in [-0.25, -0.2) is 0 Å². The van der Waals surface area contributed by atoms with Crippen molar-refractivity contribution in [3.63, 3.8) is 0 Å². The molecular formula is C9H30N6O6. The van der Waals surface area contributed by atoms with Gasteiger partial charge in [0, 0.05) is 42.7 Å². The van der Waals surface area contributed by atoms with Crippen molar-refractivity contribution in [1.82, 2.24) is 15.0 Å². The number of rotatable bonds is 0. The molecule has 0 bridgehead atoms. The Kier molecular flexibility index (Phi) is 90.0. The van der Waals surface area contributed by atoms with Crippen LogP contribution in [0.5, 0.6) is 0 Å². The molecule has 0 saturated heterocycles. The maximum absolute atomic E-state index is 7.00. The number of aliphatic hydroxyl groups excluding tert-OH is 6. The molecule has 0 aliphatic carbocycles. The van der Waals surface area contributed by atoms with E-state index in [4.69, 9.17) is 47.8 Å². The molecule has 0 saturated carbocycles. The molecule has 0 amide bonds. The van der Waals surface area contributed by atoms with E-state index in [9.17, 15) is 0 Å². The summed E-state index contributed by atoms with van der Waals surface area (Å²) in [5.74, 6) is 0.125. The van der Waals surface area contributed by atoms with Gasteiger partial charge in [0.1, 0.15) is 0 Å². The summed E-state index contributed by atoms with van der Waals surface area (Å²) in [6, 6.07) is 0. The SMILES string of the molecule is CO.CO.CO.CO.CO.CO.Nc1nc(N)nc(N)n1. The largest absolute Gasteiger partial charge is 0.400 e. The van der Waals surface area contributed by atoms with Crippen LogP contribution in [0.15, 0.2) is 0 Å². The number of anilines is 3. The van der Waals surface area contributed by atoms with Crippen LogP contribution in [0.25, 0.3) is 0 Å². The van der Waals surface area contributed by atoms with Crippen molar-refractivity contribution < 1.29 is 30.6 Å². The number of aliphatic hydroxyl groups is 6. The highest BCUT2D eigenvalue weighted by molar-refractivity contribution is 5.33. The Morgan fingerprint density at radius 1 is 0.429 bits per heavy atom. The lowest BCUT2D eigenvalue weighted by molar-refractivity contribution is 0.399. The third kappa shape index (κ3) is 45.9. The molecule has 12 N–H and O–H groups in total. The minimum Gasteiger partial charge on any atom is -0.400 e. The van der Waals surface area contributed by atoms with Crippen LogP contribution < -0.4 is 17.2 Å². The van der Waals surface area contributed by atoms with Crippen molar-refractivity contribution in [3.8, 4) is 0 Å². The Morgan fingerprint density at radius 2 is 0.524 bits per heavy atom. The van der Waals surface area contributed by atoms with Crippen molar-refractivity contribution in [1.29, 1.82) is 0 Å². The van der Waals surface area contributed by atoms with Gasteiger partial charge in [0.15, 0.2) is 0 Å². The Hall–Kier alpha value is -1.83. The molecule has 132 valence electrons. The van der Waals surface area contributed by atoms with E-state index >= 15 is 0 Å². The Bertz CT molecular complexity index is 193. The molecule has 0 aliphatic rings. The molecule has 1 rings (SSSR count). The molecule has 12 heteroatoms. The lowest BCUT2D eigenvalue weighted by Crippen LogP contribution is -2.05. The molecule has 21 heavy (non-hydrogen) atoms. The van der Waals surface area contributed by atoms with E-state index < -0.39 is 0 Å². The summed E-state index contributed by atoms with van der Waals surface area (Å²) >= 11 is 0. The van der Waals surface area contributed by atoms with Crippen LogP contribution >= 0.6 is 0 Å². The fourth-order valence-electron chi connectivity index (χ4n) is 0.427. The highest BCUT2D eigenvalue weighted by atomic mass is 16.2.